The number of carbonyl (C=O) groups excluding carboxylic acids is 1. The predicted molar refractivity (Wildman–Crippen MR) is 86.8 cm³/mol. The topological polar surface area (TPSA) is 46.9 Å². The number of carbonyl (C=O) groups is 1. The van der Waals surface area contributed by atoms with Crippen molar-refractivity contribution in [2.24, 2.45) is 7.05 Å². The van der Waals surface area contributed by atoms with Crippen LogP contribution < -0.4 is 5.32 Å². The van der Waals surface area contributed by atoms with E-state index in [0.717, 1.165) is 36.9 Å². The van der Waals surface area contributed by atoms with Crippen LogP contribution in [0.1, 0.15) is 47.4 Å². The van der Waals surface area contributed by atoms with Crippen LogP contribution in [0.3, 0.4) is 0 Å². The minimum Gasteiger partial charge on any atom is -0.350 e. The lowest BCUT2D eigenvalue weighted by Crippen LogP contribution is -2.39. The zero-order chi connectivity index (χ0) is 16.4. The minimum atomic E-state index is -0.227. The maximum Gasteiger partial charge on any atom is 0.271 e. The van der Waals surface area contributed by atoms with Crippen LogP contribution in [0.25, 0.3) is 0 Å². The van der Waals surface area contributed by atoms with Crippen molar-refractivity contribution in [3.63, 3.8) is 0 Å². The third kappa shape index (κ3) is 3.14. The first-order valence-corrected chi connectivity index (χ1v) is 8.05. The summed E-state index contributed by atoms with van der Waals surface area (Å²) >= 11 is 0. The zero-order valence-electron chi connectivity index (χ0n) is 13.6. The Labute approximate surface area is 135 Å². The predicted octanol–water partition coefficient (Wildman–Crippen LogP) is 3.11. The van der Waals surface area contributed by atoms with Gasteiger partial charge in [0.05, 0.1) is 0 Å². The van der Waals surface area contributed by atoms with Gasteiger partial charge in [-0.05, 0) is 43.5 Å². The summed E-state index contributed by atoms with van der Waals surface area (Å²) in [6.07, 6.45) is 4.30. The van der Waals surface area contributed by atoms with Crippen LogP contribution in [0.2, 0.25) is 0 Å². The number of benzene rings is 1. The van der Waals surface area contributed by atoms with Crippen LogP contribution in [0.5, 0.6) is 0 Å². The lowest BCUT2D eigenvalue weighted by Gasteiger charge is -2.30. The van der Waals surface area contributed by atoms with E-state index in [9.17, 15) is 9.18 Å². The molecule has 23 heavy (non-hydrogen) atoms. The van der Waals surface area contributed by atoms with Crippen molar-refractivity contribution in [2.75, 3.05) is 6.54 Å². The first-order chi connectivity index (χ1) is 11.0. The Morgan fingerprint density at radius 3 is 2.52 bits per heavy atom. The van der Waals surface area contributed by atoms with Crippen molar-refractivity contribution in [1.29, 1.82) is 0 Å². The molecule has 1 amide bonds. The number of rotatable bonds is 4. The van der Waals surface area contributed by atoms with Crippen molar-refractivity contribution in [3.05, 3.63) is 53.1 Å². The summed E-state index contributed by atoms with van der Waals surface area (Å²) in [6, 6.07) is 8.47. The molecule has 1 aromatic heterocycles. The molecule has 0 radical (unpaired) electrons. The maximum absolute atomic E-state index is 13.2. The number of hydrogen-bond acceptors (Lipinski definition) is 2. The smallest absolute Gasteiger partial charge is 0.271 e. The van der Waals surface area contributed by atoms with E-state index in [-0.39, 0.29) is 17.1 Å². The molecule has 4 nitrogen and oxygen atoms in total. The van der Waals surface area contributed by atoms with Crippen LogP contribution in [0.4, 0.5) is 4.39 Å². The van der Waals surface area contributed by atoms with Crippen molar-refractivity contribution in [1.82, 2.24) is 15.1 Å². The zero-order valence-corrected chi connectivity index (χ0v) is 13.6. The van der Waals surface area contributed by atoms with E-state index in [1.807, 2.05) is 26.1 Å². The monoisotopic (exact) mass is 315 g/mol. The van der Waals surface area contributed by atoms with Gasteiger partial charge >= 0.3 is 0 Å². The molecule has 1 N–H and O–H groups in total. The first kappa shape index (κ1) is 15.7. The van der Waals surface area contributed by atoms with E-state index < -0.39 is 0 Å². The number of aryl methyl sites for hydroxylation is 2. The molecule has 1 aliphatic rings. The van der Waals surface area contributed by atoms with Gasteiger partial charge in [0.2, 0.25) is 0 Å². The van der Waals surface area contributed by atoms with Crippen LogP contribution in [0, 0.1) is 12.7 Å². The lowest BCUT2D eigenvalue weighted by atomic mass is 9.79. The summed E-state index contributed by atoms with van der Waals surface area (Å²) in [7, 11) is 1.82. The van der Waals surface area contributed by atoms with Gasteiger partial charge < -0.3 is 5.32 Å². The molecule has 0 spiro atoms. The average molecular weight is 315 g/mol. The normalized spacial score (nSPS) is 16.5. The lowest BCUT2D eigenvalue weighted by molar-refractivity contribution is 0.0937. The maximum atomic E-state index is 13.2. The molecule has 1 fully saturated rings. The molecule has 1 heterocycles. The van der Waals surface area contributed by atoms with Gasteiger partial charge in [0.15, 0.2) is 0 Å². The fraction of sp³-hybridized carbons (Fsp3) is 0.444. The largest absolute Gasteiger partial charge is 0.350 e. The van der Waals surface area contributed by atoms with Crippen LogP contribution in [-0.2, 0) is 12.5 Å². The molecule has 0 aliphatic heterocycles. The molecular weight excluding hydrogens is 293 g/mol. The molecule has 0 saturated heterocycles. The molecule has 5 heteroatoms. The van der Waals surface area contributed by atoms with Gasteiger partial charge in [-0.3, -0.25) is 9.48 Å². The third-order valence-corrected chi connectivity index (χ3v) is 4.95. The number of hydrogen-bond donors (Lipinski definition) is 1. The molecule has 0 atom stereocenters. The Bertz CT molecular complexity index is 680. The van der Waals surface area contributed by atoms with E-state index in [0.29, 0.717) is 12.2 Å². The Morgan fingerprint density at radius 2 is 1.96 bits per heavy atom. The van der Waals surface area contributed by atoms with Gasteiger partial charge in [0.1, 0.15) is 11.5 Å². The SMILES string of the molecule is Cc1cc(C(=O)NCC2(c3ccc(F)cc3)CCCC2)nn1C. The summed E-state index contributed by atoms with van der Waals surface area (Å²) < 4.78 is 14.9. The van der Waals surface area contributed by atoms with Crippen molar-refractivity contribution < 1.29 is 9.18 Å². The highest BCUT2D eigenvalue weighted by Gasteiger charge is 2.36. The van der Waals surface area contributed by atoms with E-state index >= 15 is 0 Å². The van der Waals surface area contributed by atoms with Gasteiger partial charge in [-0.1, -0.05) is 25.0 Å². The van der Waals surface area contributed by atoms with E-state index in [2.05, 4.69) is 10.4 Å². The van der Waals surface area contributed by atoms with Gasteiger partial charge in [-0.15, -0.1) is 0 Å². The van der Waals surface area contributed by atoms with Gasteiger partial charge in [-0.2, -0.15) is 5.10 Å². The van der Waals surface area contributed by atoms with Gasteiger partial charge in [-0.25, -0.2) is 4.39 Å². The molecule has 122 valence electrons. The molecule has 1 aromatic carbocycles. The Hall–Kier alpha value is -2.17. The molecule has 1 aliphatic carbocycles. The fourth-order valence-corrected chi connectivity index (χ4v) is 3.43. The quantitative estimate of drug-likeness (QED) is 0.942. The number of amides is 1. The molecule has 0 unspecified atom stereocenters. The van der Waals surface area contributed by atoms with Crippen molar-refractivity contribution >= 4 is 5.91 Å². The van der Waals surface area contributed by atoms with Crippen LogP contribution in [-0.4, -0.2) is 22.2 Å². The van der Waals surface area contributed by atoms with Crippen molar-refractivity contribution in [2.45, 2.75) is 38.0 Å². The number of nitrogens with zero attached hydrogens (tertiary/aromatic N) is 2. The summed E-state index contributed by atoms with van der Waals surface area (Å²) in [5.74, 6) is -0.378. The standard InChI is InChI=1S/C18H22FN3O/c1-13-11-16(21-22(13)2)17(23)20-12-18(9-3-4-10-18)14-5-7-15(19)8-6-14/h5-8,11H,3-4,9-10,12H2,1-2H3,(H,20,23). The van der Waals surface area contributed by atoms with Crippen molar-refractivity contribution in [3.8, 4) is 0 Å². The summed E-state index contributed by atoms with van der Waals surface area (Å²) in [6.45, 7) is 2.48. The number of nitrogens with one attached hydrogen (secondary N) is 1. The second-order valence-corrected chi connectivity index (χ2v) is 6.47. The molecule has 2 aromatic rings. The second-order valence-electron chi connectivity index (χ2n) is 6.47. The van der Waals surface area contributed by atoms with Crippen LogP contribution >= 0.6 is 0 Å². The van der Waals surface area contributed by atoms with Crippen LogP contribution in [0.15, 0.2) is 30.3 Å². The Morgan fingerprint density at radius 1 is 1.30 bits per heavy atom. The summed E-state index contributed by atoms with van der Waals surface area (Å²) in [5.41, 5.74) is 2.41. The Kier molecular flexibility index (Phi) is 4.20. The second kappa shape index (κ2) is 6.14. The third-order valence-electron chi connectivity index (χ3n) is 4.95. The van der Waals surface area contributed by atoms with Gasteiger partial charge in [0.25, 0.3) is 5.91 Å². The van der Waals surface area contributed by atoms with E-state index in [4.69, 9.17) is 0 Å². The average Bonchev–Trinajstić information content (AvgIpc) is 3.14. The minimum absolute atomic E-state index is 0.0901. The highest BCUT2D eigenvalue weighted by Crippen LogP contribution is 2.40. The fourth-order valence-electron chi connectivity index (χ4n) is 3.43. The van der Waals surface area contributed by atoms with Gasteiger partial charge in [0, 0.05) is 24.7 Å². The summed E-state index contributed by atoms with van der Waals surface area (Å²) in [5, 5.41) is 7.24. The molecule has 3 rings (SSSR count). The molecule has 0 bridgehead atoms. The van der Waals surface area contributed by atoms with E-state index in [1.54, 1.807) is 10.7 Å². The number of halogens is 1. The molecule has 1 saturated carbocycles. The first-order valence-electron chi connectivity index (χ1n) is 8.05. The number of aromatic nitrogens is 2. The summed E-state index contributed by atoms with van der Waals surface area (Å²) in [4.78, 5) is 12.3. The highest BCUT2D eigenvalue weighted by atomic mass is 19.1. The highest BCUT2D eigenvalue weighted by molar-refractivity contribution is 5.92. The molecular formula is C18H22FN3O. The Balaban J connectivity index is 1.75. The van der Waals surface area contributed by atoms with E-state index in [1.165, 1.54) is 12.1 Å².